The third-order valence-corrected chi connectivity index (χ3v) is 8.53. The summed E-state index contributed by atoms with van der Waals surface area (Å²) in [5.74, 6) is 0. The van der Waals surface area contributed by atoms with E-state index in [1.165, 1.54) is 11.1 Å². The molecule has 4 nitrogen and oxygen atoms in total. The molecule has 0 aliphatic rings. The molecule has 0 aliphatic carbocycles. The van der Waals surface area contributed by atoms with E-state index in [9.17, 15) is 0 Å². The summed E-state index contributed by atoms with van der Waals surface area (Å²) < 4.78 is 0. The van der Waals surface area contributed by atoms with Gasteiger partial charge in [0.05, 0.1) is 44.8 Å². The minimum Gasteiger partial charge on any atom is -0.249 e. The molecule has 0 fully saturated rings. The highest BCUT2D eigenvalue weighted by molar-refractivity contribution is 5.93. The molecular weight excluding hydrogens is 560 g/mol. The smallest absolute Gasteiger partial charge is 0.0922 e. The standard InChI is InChI=1S/C42H30N4/c1-27-41(45-39-23-9-7-21-37(39)43-27)31-15-11-13-29(25-31)33-17-3-5-19-35(33)36-20-6-4-18-34(36)30-14-12-16-32(26-30)42-28(2)44-38-22-8-10-24-40(38)46-42/h3-26H,1-2H3. The third-order valence-electron chi connectivity index (χ3n) is 8.53. The van der Waals surface area contributed by atoms with Crippen LogP contribution in [0.15, 0.2) is 146 Å². The van der Waals surface area contributed by atoms with Gasteiger partial charge in [-0.05, 0) is 83.6 Å². The summed E-state index contributed by atoms with van der Waals surface area (Å²) in [6.45, 7) is 4.06. The van der Waals surface area contributed by atoms with E-state index in [4.69, 9.17) is 19.9 Å². The fraction of sp³-hybridized carbons (Fsp3) is 0.0476. The molecule has 2 aromatic heterocycles. The molecule has 0 amide bonds. The molecule has 218 valence electrons. The zero-order chi connectivity index (χ0) is 31.0. The quantitative estimate of drug-likeness (QED) is 0.200. The van der Waals surface area contributed by atoms with Crippen LogP contribution in [0.4, 0.5) is 0 Å². The van der Waals surface area contributed by atoms with Crippen LogP contribution >= 0.6 is 0 Å². The first-order valence-corrected chi connectivity index (χ1v) is 15.5. The summed E-state index contributed by atoms with van der Waals surface area (Å²) >= 11 is 0. The molecule has 0 aliphatic heterocycles. The van der Waals surface area contributed by atoms with Gasteiger partial charge in [0, 0.05) is 11.1 Å². The Morgan fingerprint density at radius 3 is 1.04 bits per heavy atom. The number of nitrogens with zero attached hydrogens (tertiary/aromatic N) is 4. The van der Waals surface area contributed by atoms with Crippen molar-refractivity contribution < 1.29 is 0 Å². The minimum atomic E-state index is 0.898. The van der Waals surface area contributed by atoms with Crippen molar-refractivity contribution in [1.29, 1.82) is 0 Å². The van der Waals surface area contributed by atoms with Crippen LogP contribution in [0.25, 0.3) is 78.0 Å². The Morgan fingerprint density at radius 1 is 0.304 bits per heavy atom. The van der Waals surface area contributed by atoms with Crippen LogP contribution in [-0.4, -0.2) is 19.9 Å². The van der Waals surface area contributed by atoms with E-state index < -0.39 is 0 Å². The maximum atomic E-state index is 5.00. The van der Waals surface area contributed by atoms with Gasteiger partial charge in [-0.1, -0.05) is 109 Å². The van der Waals surface area contributed by atoms with E-state index >= 15 is 0 Å². The first kappa shape index (κ1) is 27.5. The minimum absolute atomic E-state index is 0.898. The molecule has 8 aromatic rings. The van der Waals surface area contributed by atoms with Gasteiger partial charge in [0.2, 0.25) is 0 Å². The van der Waals surface area contributed by atoms with Gasteiger partial charge in [-0.15, -0.1) is 0 Å². The first-order chi connectivity index (χ1) is 22.6. The molecule has 4 heteroatoms. The Balaban J connectivity index is 1.22. The van der Waals surface area contributed by atoms with E-state index in [-0.39, 0.29) is 0 Å². The van der Waals surface area contributed by atoms with Crippen molar-refractivity contribution in [3.63, 3.8) is 0 Å². The molecule has 8 rings (SSSR count). The van der Waals surface area contributed by atoms with Crippen molar-refractivity contribution >= 4 is 22.1 Å². The summed E-state index contributed by atoms with van der Waals surface area (Å²) in [4.78, 5) is 19.7. The highest BCUT2D eigenvalue weighted by Crippen LogP contribution is 2.40. The van der Waals surface area contributed by atoms with Crippen molar-refractivity contribution in [2.24, 2.45) is 0 Å². The number of rotatable bonds is 5. The summed E-state index contributed by atoms with van der Waals surface area (Å²) in [6.07, 6.45) is 0. The Kier molecular flexibility index (Phi) is 6.88. The first-order valence-electron chi connectivity index (χ1n) is 15.5. The normalized spacial score (nSPS) is 11.3. The second-order valence-corrected chi connectivity index (χ2v) is 11.5. The Hall–Kier alpha value is -6.00. The summed E-state index contributed by atoms with van der Waals surface area (Å²) in [6, 6.07) is 50.6. The third kappa shape index (κ3) is 5.00. The molecular formula is C42H30N4. The Morgan fingerprint density at radius 2 is 0.630 bits per heavy atom. The summed E-state index contributed by atoms with van der Waals surface area (Å²) in [7, 11) is 0. The lowest BCUT2D eigenvalue weighted by Crippen LogP contribution is -1.95. The number of aromatic nitrogens is 4. The molecule has 2 heterocycles. The predicted octanol–water partition coefficient (Wildman–Crippen LogP) is 10.5. The van der Waals surface area contributed by atoms with Gasteiger partial charge < -0.3 is 0 Å². The van der Waals surface area contributed by atoms with Gasteiger partial charge in [0.1, 0.15) is 0 Å². The average molecular weight is 591 g/mol. The van der Waals surface area contributed by atoms with Crippen LogP contribution < -0.4 is 0 Å². The fourth-order valence-electron chi connectivity index (χ4n) is 6.33. The summed E-state index contributed by atoms with van der Waals surface area (Å²) in [5, 5.41) is 0. The molecule has 0 saturated heterocycles. The number of hydrogen-bond donors (Lipinski definition) is 0. The van der Waals surface area contributed by atoms with Crippen molar-refractivity contribution in [3.05, 3.63) is 157 Å². The van der Waals surface area contributed by atoms with Gasteiger partial charge in [-0.25, -0.2) is 19.9 Å². The molecule has 0 unspecified atom stereocenters. The maximum Gasteiger partial charge on any atom is 0.0922 e. The van der Waals surface area contributed by atoms with E-state index in [1.54, 1.807) is 0 Å². The van der Waals surface area contributed by atoms with Crippen LogP contribution in [0.2, 0.25) is 0 Å². The number of benzene rings is 6. The Bertz CT molecular complexity index is 2240. The fourth-order valence-corrected chi connectivity index (χ4v) is 6.33. The van der Waals surface area contributed by atoms with Crippen LogP contribution in [0.5, 0.6) is 0 Å². The number of hydrogen-bond acceptors (Lipinski definition) is 4. The van der Waals surface area contributed by atoms with Crippen LogP contribution in [0.1, 0.15) is 11.4 Å². The van der Waals surface area contributed by atoms with Crippen molar-refractivity contribution in [2.45, 2.75) is 13.8 Å². The van der Waals surface area contributed by atoms with E-state index in [0.29, 0.717) is 0 Å². The number of aryl methyl sites for hydroxylation is 2. The van der Waals surface area contributed by atoms with Crippen molar-refractivity contribution in [2.75, 3.05) is 0 Å². The zero-order valence-corrected chi connectivity index (χ0v) is 25.6. The monoisotopic (exact) mass is 590 g/mol. The van der Waals surface area contributed by atoms with Gasteiger partial charge in [0.15, 0.2) is 0 Å². The largest absolute Gasteiger partial charge is 0.249 e. The van der Waals surface area contributed by atoms with Crippen molar-refractivity contribution in [3.8, 4) is 55.9 Å². The maximum absolute atomic E-state index is 5.00. The van der Waals surface area contributed by atoms with Gasteiger partial charge >= 0.3 is 0 Å². The van der Waals surface area contributed by atoms with Gasteiger partial charge in [-0.2, -0.15) is 0 Å². The predicted molar refractivity (Wildman–Crippen MR) is 189 cm³/mol. The molecule has 46 heavy (non-hydrogen) atoms. The van der Waals surface area contributed by atoms with E-state index in [1.807, 2.05) is 62.4 Å². The van der Waals surface area contributed by atoms with E-state index in [2.05, 4.69) is 97.1 Å². The van der Waals surface area contributed by atoms with Crippen LogP contribution in [0, 0.1) is 13.8 Å². The topological polar surface area (TPSA) is 51.6 Å². The molecule has 0 saturated carbocycles. The lowest BCUT2D eigenvalue weighted by atomic mass is 9.88. The molecule has 0 radical (unpaired) electrons. The lowest BCUT2D eigenvalue weighted by molar-refractivity contribution is 1.19. The summed E-state index contributed by atoms with van der Waals surface area (Å²) in [5.41, 5.74) is 16.3. The molecule has 0 bridgehead atoms. The number of para-hydroxylation sites is 4. The second kappa shape index (κ2) is 11.5. The highest BCUT2D eigenvalue weighted by atomic mass is 14.8. The van der Waals surface area contributed by atoms with Crippen LogP contribution in [-0.2, 0) is 0 Å². The zero-order valence-electron chi connectivity index (χ0n) is 25.6. The second-order valence-electron chi connectivity index (χ2n) is 11.5. The average Bonchev–Trinajstić information content (AvgIpc) is 3.11. The van der Waals surface area contributed by atoms with Crippen LogP contribution in [0.3, 0.4) is 0 Å². The van der Waals surface area contributed by atoms with Crippen molar-refractivity contribution in [1.82, 2.24) is 19.9 Å². The number of fused-ring (bicyclic) bond motifs is 2. The highest BCUT2D eigenvalue weighted by Gasteiger charge is 2.15. The SMILES string of the molecule is Cc1nc2ccccc2nc1-c1cccc(-c2ccccc2-c2ccccc2-c2cccc(-c3nc4ccccc4nc3C)c2)c1. The Labute approximate surface area is 268 Å². The van der Waals surface area contributed by atoms with Gasteiger partial charge in [-0.3, -0.25) is 0 Å². The van der Waals surface area contributed by atoms with Gasteiger partial charge in [0.25, 0.3) is 0 Å². The molecule has 0 spiro atoms. The lowest BCUT2D eigenvalue weighted by Gasteiger charge is -2.16. The molecule has 0 atom stereocenters. The molecule has 0 N–H and O–H groups in total. The molecule has 6 aromatic carbocycles. The van der Waals surface area contributed by atoms with E-state index in [0.717, 1.165) is 78.2 Å².